The fraction of sp³-hybridized carbons (Fsp3) is 0.222. The van der Waals surface area contributed by atoms with Crippen LogP contribution in [-0.4, -0.2) is 30.9 Å². The van der Waals surface area contributed by atoms with Gasteiger partial charge in [-0.2, -0.15) is 0 Å². The van der Waals surface area contributed by atoms with Crippen LogP contribution in [0.2, 0.25) is 4.34 Å². The van der Waals surface area contributed by atoms with Crippen molar-refractivity contribution in [2.24, 2.45) is 5.73 Å². The van der Waals surface area contributed by atoms with E-state index in [1.54, 1.807) is 6.07 Å². The summed E-state index contributed by atoms with van der Waals surface area (Å²) in [6.45, 7) is -0.761. The van der Waals surface area contributed by atoms with E-state index in [0.29, 0.717) is 9.21 Å². The fourth-order valence-corrected chi connectivity index (χ4v) is 1.80. The molecule has 1 aromatic heterocycles. The highest BCUT2D eigenvalue weighted by Gasteiger charge is 2.12. The van der Waals surface area contributed by atoms with Crippen molar-refractivity contribution >= 4 is 40.7 Å². The Morgan fingerprint density at radius 1 is 1.41 bits per heavy atom. The van der Waals surface area contributed by atoms with Crippen molar-refractivity contribution < 1.29 is 19.1 Å². The van der Waals surface area contributed by atoms with Crippen LogP contribution in [-0.2, 0) is 14.3 Å². The standard InChI is InChI=1S/C9H9ClN2O4S/c10-6-2-1-5(17-6)9(15)16-4-8(14)12-3-7(11)13/h1-2H,3-4H2,(H2,11,13)(H,12,14). The average molecular weight is 277 g/mol. The van der Waals surface area contributed by atoms with Gasteiger partial charge in [0.05, 0.1) is 10.9 Å². The predicted molar refractivity (Wildman–Crippen MR) is 61.8 cm³/mol. The largest absolute Gasteiger partial charge is 0.451 e. The Labute approximate surface area is 106 Å². The molecule has 0 aliphatic heterocycles. The molecule has 0 atom stereocenters. The van der Waals surface area contributed by atoms with Crippen molar-refractivity contribution in [2.75, 3.05) is 13.2 Å². The lowest BCUT2D eigenvalue weighted by atomic mass is 10.5. The molecule has 1 heterocycles. The lowest BCUT2D eigenvalue weighted by Gasteiger charge is -2.03. The van der Waals surface area contributed by atoms with Crippen molar-refractivity contribution in [1.82, 2.24) is 5.32 Å². The summed E-state index contributed by atoms with van der Waals surface area (Å²) in [7, 11) is 0. The second kappa shape index (κ2) is 6.21. The van der Waals surface area contributed by atoms with Crippen LogP contribution >= 0.6 is 22.9 Å². The number of thiophene rings is 1. The highest BCUT2D eigenvalue weighted by molar-refractivity contribution is 7.17. The maximum Gasteiger partial charge on any atom is 0.348 e. The van der Waals surface area contributed by atoms with Crippen LogP contribution in [0.15, 0.2) is 12.1 Å². The van der Waals surface area contributed by atoms with Crippen molar-refractivity contribution in [1.29, 1.82) is 0 Å². The van der Waals surface area contributed by atoms with Crippen LogP contribution in [0.25, 0.3) is 0 Å². The molecule has 0 fully saturated rings. The van der Waals surface area contributed by atoms with Crippen molar-refractivity contribution in [3.63, 3.8) is 0 Å². The maximum absolute atomic E-state index is 11.4. The monoisotopic (exact) mass is 276 g/mol. The van der Waals surface area contributed by atoms with E-state index in [-0.39, 0.29) is 6.54 Å². The molecule has 17 heavy (non-hydrogen) atoms. The number of halogens is 1. The number of rotatable bonds is 5. The highest BCUT2D eigenvalue weighted by atomic mass is 35.5. The van der Waals surface area contributed by atoms with Gasteiger partial charge in [-0.1, -0.05) is 11.6 Å². The van der Waals surface area contributed by atoms with Gasteiger partial charge in [0.2, 0.25) is 5.91 Å². The van der Waals surface area contributed by atoms with Crippen LogP contribution in [0.1, 0.15) is 9.67 Å². The minimum atomic E-state index is -0.672. The van der Waals surface area contributed by atoms with Crippen LogP contribution in [0.5, 0.6) is 0 Å². The van der Waals surface area contributed by atoms with Gasteiger partial charge in [0.25, 0.3) is 5.91 Å². The molecule has 3 N–H and O–H groups in total. The van der Waals surface area contributed by atoms with Crippen LogP contribution in [0.3, 0.4) is 0 Å². The zero-order valence-corrected chi connectivity index (χ0v) is 10.1. The predicted octanol–water partition coefficient (Wildman–Crippen LogP) is 0.160. The van der Waals surface area contributed by atoms with Crippen molar-refractivity contribution in [3.8, 4) is 0 Å². The Morgan fingerprint density at radius 2 is 2.12 bits per heavy atom. The number of nitrogens with one attached hydrogen (secondary N) is 1. The zero-order valence-electron chi connectivity index (χ0n) is 8.57. The molecule has 0 saturated heterocycles. The summed E-state index contributed by atoms with van der Waals surface area (Å²) in [4.78, 5) is 33.1. The third-order valence-electron chi connectivity index (χ3n) is 1.57. The van der Waals surface area contributed by atoms with E-state index >= 15 is 0 Å². The summed E-state index contributed by atoms with van der Waals surface area (Å²) in [5, 5.41) is 2.18. The molecule has 0 unspecified atom stereocenters. The molecule has 0 radical (unpaired) electrons. The molecule has 0 aromatic carbocycles. The molecular formula is C9H9ClN2O4S. The molecule has 6 nitrogen and oxygen atoms in total. The number of amides is 2. The van der Waals surface area contributed by atoms with Gasteiger partial charge in [0, 0.05) is 0 Å². The normalized spacial score (nSPS) is 9.71. The number of ether oxygens (including phenoxy) is 1. The Morgan fingerprint density at radius 3 is 2.65 bits per heavy atom. The van der Waals surface area contributed by atoms with Gasteiger partial charge >= 0.3 is 5.97 Å². The number of nitrogens with two attached hydrogens (primary N) is 1. The van der Waals surface area contributed by atoms with E-state index in [9.17, 15) is 14.4 Å². The SMILES string of the molecule is NC(=O)CNC(=O)COC(=O)c1ccc(Cl)s1. The summed E-state index contributed by atoms with van der Waals surface area (Å²) < 4.78 is 5.14. The van der Waals surface area contributed by atoms with E-state index in [1.165, 1.54) is 6.07 Å². The third-order valence-corrected chi connectivity index (χ3v) is 2.78. The van der Waals surface area contributed by atoms with Gasteiger partial charge in [0.1, 0.15) is 4.88 Å². The van der Waals surface area contributed by atoms with Crippen LogP contribution in [0.4, 0.5) is 0 Å². The van der Waals surface area contributed by atoms with E-state index in [2.05, 4.69) is 10.1 Å². The van der Waals surface area contributed by atoms with Gasteiger partial charge in [0.15, 0.2) is 6.61 Å². The van der Waals surface area contributed by atoms with E-state index in [1.807, 2.05) is 0 Å². The maximum atomic E-state index is 11.4. The van der Waals surface area contributed by atoms with E-state index in [4.69, 9.17) is 17.3 Å². The zero-order chi connectivity index (χ0) is 12.8. The molecule has 0 spiro atoms. The van der Waals surface area contributed by atoms with Gasteiger partial charge in [-0.05, 0) is 12.1 Å². The fourth-order valence-electron chi connectivity index (χ4n) is 0.863. The van der Waals surface area contributed by atoms with Crippen molar-refractivity contribution in [3.05, 3.63) is 21.3 Å². The average Bonchev–Trinajstić information content (AvgIpc) is 2.70. The summed E-state index contributed by atoms with van der Waals surface area (Å²) in [5.41, 5.74) is 4.82. The molecule has 2 amide bonds. The summed E-state index contributed by atoms with van der Waals surface area (Å²) >= 11 is 6.68. The second-order valence-corrected chi connectivity index (χ2v) is 4.64. The summed E-state index contributed by atoms with van der Waals surface area (Å²) in [6.07, 6.45) is 0. The smallest absolute Gasteiger partial charge is 0.348 e. The second-order valence-electron chi connectivity index (χ2n) is 2.92. The Kier molecular flexibility index (Phi) is 4.92. The Balaban J connectivity index is 2.33. The van der Waals surface area contributed by atoms with Crippen molar-refractivity contribution in [2.45, 2.75) is 0 Å². The minimum absolute atomic E-state index is 0.290. The number of hydrogen-bond donors (Lipinski definition) is 2. The summed E-state index contributed by atoms with van der Waals surface area (Å²) in [5.74, 6) is -1.91. The Hall–Kier alpha value is -1.60. The lowest BCUT2D eigenvalue weighted by Crippen LogP contribution is -2.35. The molecule has 8 heteroatoms. The first-order chi connectivity index (χ1) is 7.99. The number of carbonyl (C=O) groups is 3. The number of primary amides is 1. The van der Waals surface area contributed by atoms with Gasteiger partial charge in [-0.3, -0.25) is 9.59 Å². The highest BCUT2D eigenvalue weighted by Crippen LogP contribution is 2.21. The molecule has 0 aliphatic rings. The first-order valence-electron chi connectivity index (χ1n) is 4.46. The molecular weight excluding hydrogens is 268 g/mol. The van der Waals surface area contributed by atoms with E-state index in [0.717, 1.165) is 11.3 Å². The van der Waals surface area contributed by atoms with E-state index < -0.39 is 24.4 Å². The molecule has 92 valence electrons. The number of esters is 1. The number of carbonyl (C=O) groups excluding carboxylic acids is 3. The minimum Gasteiger partial charge on any atom is -0.451 e. The molecule has 0 saturated carbocycles. The first-order valence-corrected chi connectivity index (χ1v) is 5.66. The lowest BCUT2D eigenvalue weighted by molar-refractivity contribution is -0.127. The quantitative estimate of drug-likeness (QED) is 0.749. The van der Waals surface area contributed by atoms with Gasteiger partial charge in [-0.25, -0.2) is 4.79 Å². The third kappa shape index (κ3) is 4.83. The van der Waals surface area contributed by atoms with Crippen LogP contribution < -0.4 is 11.1 Å². The van der Waals surface area contributed by atoms with Gasteiger partial charge in [-0.15, -0.1) is 11.3 Å². The topological polar surface area (TPSA) is 98.5 Å². The number of hydrogen-bond acceptors (Lipinski definition) is 5. The molecule has 0 aliphatic carbocycles. The molecule has 0 bridgehead atoms. The summed E-state index contributed by atoms with van der Waals surface area (Å²) in [6, 6.07) is 3.05. The molecule has 1 aromatic rings. The first kappa shape index (κ1) is 13.5. The molecule has 1 rings (SSSR count). The Bertz CT molecular complexity index is 446. The van der Waals surface area contributed by atoms with Gasteiger partial charge < -0.3 is 15.8 Å². The van der Waals surface area contributed by atoms with Crippen LogP contribution in [0, 0.1) is 0 Å².